The van der Waals surface area contributed by atoms with Crippen LogP contribution in [-0.2, 0) is 7.05 Å². The molecule has 0 radical (unpaired) electrons. The third-order valence-corrected chi connectivity index (χ3v) is 4.34. The Morgan fingerprint density at radius 2 is 2.08 bits per heavy atom. The van der Waals surface area contributed by atoms with E-state index in [9.17, 15) is 10.1 Å². The molecule has 0 saturated carbocycles. The highest BCUT2D eigenvalue weighted by Gasteiger charge is 2.23. The van der Waals surface area contributed by atoms with E-state index in [1.807, 2.05) is 42.1 Å². The maximum atomic E-state index is 10.9. The zero-order chi connectivity index (χ0) is 18.7. The topological polar surface area (TPSA) is 82.2 Å². The molecule has 0 aliphatic carbocycles. The van der Waals surface area contributed by atoms with Crippen LogP contribution in [0.15, 0.2) is 54.9 Å². The number of anilines is 1. The molecular formula is C18H17ClN4O3. The summed E-state index contributed by atoms with van der Waals surface area (Å²) in [6, 6.07) is 11.6. The fourth-order valence-electron chi connectivity index (χ4n) is 2.73. The fourth-order valence-corrected chi connectivity index (χ4v) is 2.96. The lowest BCUT2D eigenvalue weighted by molar-refractivity contribution is -0.384. The molecule has 2 aromatic carbocycles. The van der Waals surface area contributed by atoms with Crippen LogP contribution in [0.3, 0.4) is 0 Å². The van der Waals surface area contributed by atoms with Crippen molar-refractivity contribution in [1.82, 2.24) is 9.55 Å². The lowest BCUT2D eigenvalue weighted by Gasteiger charge is -2.22. The number of aromatic nitrogens is 2. The SMILES string of the molecule is COc1ccccc1[C@@H](Nc1ccc([N+](=O)[O-])cc1Cl)c1nccn1C. The van der Waals surface area contributed by atoms with Crippen molar-refractivity contribution in [2.75, 3.05) is 12.4 Å². The molecule has 3 rings (SSSR count). The third kappa shape index (κ3) is 3.48. The van der Waals surface area contributed by atoms with E-state index in [1.54, 1.807) is 19.4 Å². The molecule has 0 aliphatic rings. The van der Waals surface area contributed by atoms with Gasteiger partial charge in [0.2, 0.25) is 0 Å². The second kappa shape index (κ2) is 7.45. The van der Waals surface area contributed by atoms with Gasteiger partial charge < -0.3 is 14.6 Å². The summed E-state index contributed by atoms with van der Waals surface area (Å²) in [5.41, 5.74) is 1.38. The summed E-state index contributed by atoms with van der Waals surface area (Å²) in [7, 11) is 3.50. The van der Waals surface area contributed by atoms with Crippen LogP contribution < -0.4 is 10.1 Å². The van der Waals surface area contributed by atoms with E-state index in [0.29, 0.717) is 11.4 Å². The van der Waals surface area contributed by atoms with Gasteiger partial charge in [0, 0.05) is 37.1 Å². The van der Waals surface area contributed by atoms with Crippen LogP contribution in [0.2, 0.25) is 5.02 Å². The van der Waals surface area contributed by atoms with Gasteiger partial charge in [-0.05, 0) is 12.1 Å². The molecule has 0 fully saturated rings. The van der Waals surface area contributed by atoms with Crippen LogP contribution in [0.1, 0.15) is 17.4 Å². The van der Waals surface area contributed by atoms with Gasteiger partial charge in [0.25, 0.3) is 5.69 Å². The lowest BCUT2D eigenvalue weighted by atomic mass is 10.0. The molecule has 0 spiro atoms. The number of para-hydroxylation sites is 1. The molecule has 26 heavy (non-hydrogen) atoms. The minimum absolute atomic E-state index is 0.0635. The Balaban J connectivity index is 2.05. The number of hydrogen-bond acceptors (Lipinski definition) is 5. The largest absolute Gasteiger partial charge is 0.496 e. The minimum Gasteiger partial charge on any atom is -0.496 e. The molecule has 1 heterocycles. The van der Waals surface area contributed by atoms with E-state index in [4.69, 9.17) is 16.3 Å². The van der Waals surface area contributed by atoms with Crippen molar-refractivity contribution >= 4 is 23.0 Å². The first kappa shape index (κ1) is 17.8. The molecule has 0 aliphatic heterocycles. The number of nitrogens with zero attached hydrogens (tertiary/aromatic N) is 3. The van der Waals surface area contributed by atoms with E-state index in [2.05, 4.69) is 10.3 Å². The van der Waals surface area contributed by atoms with Gasteiger partial charge in [-0.1, -0.05) is 29.8 Å². The second-order valence-electron chi connectivity index (χ2n) is 5.64. The Bertz CT molecular complexity index is 942. The number of nitro groups is 1. The third-order valence-electron chi connectivity index (χ3n) is 4.03. The van der Waals surface area contributed by atoms with Crippen LogP contribution in [0, 0.1) is 10.1 Å². The molecule has 134 valence electrons. The van der Waals surface area contributed by atoms with E-state index < -0.39 is 4.92 Å². The lowest BCUT2D eigenvalue weighted by Crippen LogP contribution is -2.17. The maximum Gasteiger partial charge on any atom is 0.271 e. The molecule has 0 bridgehead atoms. The van der Waals surface area contributed by atoms with Crippen molar-refractivity contribution in [2.24, 2.45) is 7.05 Å². The number of hydrogen-bond donors (Lipinski definition) is 1. The van der Waals surface area contributed by atoms with Crippen molar-refractivity contribution in [3.63, 3.8) is 0 Å². The Hall–Kier alpha value is -3.06. The van der Waals surface area contributed by atoms with Crippen LogP contribution >= 0.6 is 11.6 Å². The fraction of sp³-hybridized carbons (Fsp3) is 0.167. The minimum atomic E-state index is -0.480. The van der Waals surface area contributed by atoms with Crippen molar-refractivity contribution in [3.8, 4) is 5.75 Å². The summed E-state index contributed by atoms with van der Waals surface area (Å²) >= 11 is 6.25. The van der Waals surface area contributed by atoms with Gasteiger partial charge in [-0.15, -0.1) is 0 Å². The summed E-state index contributed by atoms with van der Waals surface area (Å²) in [6.45, 7) is 0. The number of nitrogens with one attached hydrogen (secondary N) is 1. The van der Waals surface area contributed by atoms with E-state index >= 15 is 0 Å². The van der Waals surface area contributed by atoms with Crippen molar-refractivity contribution in [2.45, 2.75) is 6.04 Å². The molecule has 8 heteroatoms. The number of rotatable bonds is 6. The number of nitro benzene ring substituents is 1. The Morgan fingerprint density at radius 1 is 1.31 bits per heavy atom. The molecule has 0 amide bonds. The molecule has 0 unspecified atom stereocenters. The predicted octanol–water partition coefficient (Wildman–Crippen LogP) is 4.19. The van der Waals surface area contributed by atoms with Crippen molar-refractivity contribution in [3.05, 3.63) is 81.4 Å². The summed E-state index contributed by atoms with van der Waals surface area (Å²) in [4.78, 5) is 14.9. The van der Waals surface area contributed by atoms with Gasteiger partial charge in [-0.25, -0.2) is 4.98 Å². The average Bonchev–Trinajstić information content (AvgIpc) is 3.06. The first-order chi connectivity index (χ1) is 12.5. The standard InChI is InChI=1S/C18H17ClN4O3/c1-22-10-9-20-18(22)17(13-5-3-4-6-16(13)26-2)21-15-8-7-12(23(24)25)11-14(15)19/h3-11,17,21H,1-2H3/t17-/m1/s1. The monoisotopic (exact) mass is 372 g/mol. The van der Waals surface area contributed by atoms with Crippen molar-refractivity contribution in [1.29, 1.82) is 0 Å². The zero-order valence-corrected chi connectivity index (χ0v) is 15.0. The molecular weight excluding hydrogens is 356 g/mol. The summed E-state index contributed by atoms with van der Waals surface area (Å²) in [5.74, 6) is 1.45. The van der Waals surface area contributed by atoms with Gasteiger partial charge in [-0.2, -0.15) is 0 Å². The van der Waals surface area contributed by atoms with E-state index in [-0.39, 0.29) is 16.8 Å². The summed E-state index contributed by atoms with van der Waals surface area (Å²) in [5, 5.41) is 14.5. The van der Waals surface area contributed by atoms with Crippen LogP contribution in [-0.4, -0.2) is 21.6 Å². The van der Waals surface area contributed by atoms with Gasteiger partial charge in [0.1, 0.15) is 17.6 Å². The maximum absolute atomic E-state index is 10.9. The van der Waals surface area contributed by atoms with Gasteiger partial charge in [-0.3, -0.25) is 10.1 Å². The Morgan fingerprint density at radius 3 is 2.69 bits per heavy atom. The van der Waals surface area contributed by atoms with Crippen LogP contribution in [0.25, 0.3) is 0 Å². The predicted molar refractivity (Wildman–Crippen MR) is 99.8 cm³/mol. The quantitative estimate of drug-likeness (QED) is 0.518. The number of methoxy groups -OCH3 is 1. The number of aryl methyl sites for hydroxylation is 1. The summed E-state index contributed by atoms with van der Waals surface area (Å²) in [6.07, 6.45) is 3.55. The average molecular weight is 373 g/mol. The highest BCUT2D eigenvalue weighted by atomic mass is 35.5. The number of imidazole rings is 1. The van der Waals surface area contributed by atoms with E-state index in [1.165, 1.54) is 12.1 Å². The molecule has 7 nitrogen and oxygen atoms in total. The van der Waals surface area contributed by atoms with Gasteiger partial charge in [0.15, 0.2) is 0 Å². The van der Waals surface area contributed by atoms with E-state index in [0.717, 1.165) is 11.4 Å². The van der Waals surface area contributed by atoms with Crippen LogP contribution in [0.4, 0.5) is 11.4 Å². The number of non-ortho nitro benzene ring substituents is 1. The van der Waals surface area contributed by atoms with Gasteiger partial charge in [0.05, 0.1) is 22.7 Å². The Kier molecular flexibility index (Phi) is 5.09. The highest BCUT2D eigenvalue weighted by molar-refractivity contribution is 6.33. The van der Waals surface area contributed by atoms with Gasteiger partial charge >= 0.3 is 0 Å². The molecule has 1 aromatic heterocycles. The number of benzene rings is 2. The Labute approximate surface area is 155 Å². The molecule has 0 saturated heterocycles. The highest BCUT2D eigenvalue weighted by Crippen LogP contribution is 2.35. The normalized spacial score (nSPS) is 11.8. The molecule has 3 aromatic rings. The first-order valence-electron chi connectivity index (χ1n) is 7.82. The smallest absolute Gasteiger partial charge is 0.271 e. The van der Waals surface area contributed by atoms with Crippen LogP contribution in [0.5, 0.6) is 5.75 Å². The number of halogens is 1. The number of ether oxygens (including phenoxy) is 1. The second-order valence-corrected chi connectivity index (χ2v) is 6.04. The van der Waals surface area contributed by atoms with Crippen molar-refractivity contribution < 1.29 is 9.66 Å². The zero-order valence-electron chi connectivity index (χ0n) is 14.2. The molecule has 1 N–H and O–H groups in total. The molecule has 1 atom stereocenters. The summed E-state index contributed by atoms with van der Waals surface area (Å²) < 4.78 is 7.38. The first-order valence-corrected chi connectivity index (χ1v) is 8.19.